The zero-order valence-corrected chi connectivity index (χ0v) is 15.9. The van der Waals surface area contributed by atoms with Crippen molar-refractivity contribution in [3.8, 4) is 5.75 Å². The van der Waals surface area contributed by atoms with Crippen LogP contribution in [-0.2, 0) is 26.1 Å². The first-order chi connectivity index (χ1) is 13.7. The number of carbonyl (C=O) groups is 1. The predicted molar refractivity (Wildman–Crippen MR) is 107 cm³/mol. The molecular formula is C22H24N4O2. The van der Waals surface area contributed by atoms with Crippen LogP contribution in [0.3, 0.4) is 0 Å². The summed E-state index contributed by atoms with van der Waals surface area (Å²) in [5.41, 5.74) is 5.58. The maximum atomic E-state index is 12.0. The van der Waals surface area contributed by atoms with Gasteiger partial charge in [0, 0.05) is 32.4 Å². The van der Waals surface area contributed by atoms with Crippen LogP contribution in [0, 0.1) is 0 Å². The number of nitrogens with zero attached hydrogens (tertiary/aromatic N) is 2. The van der Waals surface area contributed by atoms with Gasteiger partial charge in [-0.25, -0.2) is 0 Å². The Morgan fingerprint density at radius 2 is 2.04 bits per heavy atom. The van der Waals surface area contributed by atoms with Crippen LogP contribution in [-0.4, -0.2) is 34.7 Å². The maximum absolute atomic E-state index is 12.0. The standard InChI is InChI=1S/C22H24N4O2/c1-28-21-4-2-3-18-15-26(10-9-20(18)21)14-17-7-5-16(6-8-17)11-23-22(27)19-12-24-25-13-19/h2-8,12-13H,9-11,14-15H2,1H3,(H,23,27)(H,24,25). The number of aromatic amines is 1. The summed E-state index contributed by atoms with van der Waals surface area (Å²) >= 11 is 0. The third-order valence-electron chi connectivity index (χ3n) is 5.16. The number of benzene rings is 2. The summed E-state index contributed by atoms with van der Waals surface area (Å²) in [6.07, 6.45) is 4.12. The molecule has 0 aliphatic carbocycles. The monoisotopic (exact) mass is 376 g/mol. The summed E-state index contributed by atoms with van der Waals surface area (Å²) in [7, 11) is 1.74. The first kappa shape index (κ1) is 18.3. The highest BCUT2D eigenvalue weighted by atomic mass is 16.5. The number of amides is 1. The van der Waals surface area contributed by atoms with Crippen molar-refractivity contribution in [1.82, 2.24) is 20.4 Å². The fraction of sp³-hybridized carbons (Fsp3) is 0.273. The number of hydrogen-bond donors (Lipinski definition) is 2. The number of hydrogen-bond acceptors (Lipinski definition) is 4. The highest BCUT2D eigenvalue weighted by Gasteiger charge is 2.19. The fourth-order valence-corrected chi connectivity index (χ4v) is 3.64. The molecule has 0 saturated heterocycles. The van der Waals surface area contributed by atoms with Crippen molar-refractivity contribution in [2.45, 2.75) is 26.1 Å². The van der Waals surface area contributed by atoms with Gasteiger partial charge in [0.1, 0.15) is 5.75 Å². The Morgan fingerprint density at radius 1 is 1.21 bits per heavy atom. The van der Waals surface area contributed by atoms with Gasteiger partial charge < -0.3 is 10.1 Å². The van der Waals surface area contributed by atoms with E-state index in [4.69, 9.17) is 4.74 Å². The number of rotatable bonds is 6. The lowest BCUT2D eigenvalue weighted by molar-refractivity contribution is 0.0951. The molecule has 2 N–H and O–H groups in total. The third-order valence-corrected chi connectivity index (χ3v) is 5.16. The van der Waals surface area contributed by atoms with Crippen LogP contribution in [0.5, 0.6) is 5.75 Å². The summed E-state index contributed by atoms with van der Waals surface area (Å²) in [6, 6.07) is 14.7. The Bertz CT molecular complexity index is 936. The molecule has 0 atom stereocenters. The number of nitrogens with one attached hydrogen (secondary N) is 2. The van der Waals surface area contributed by atoms with Gasteiger partial charge in [0.15, 0.2) is 0 Å². The van der Waals surface area contributed by atoms with E-state index in [1.54, 1.807) is 13.3 Å². The van der Waals surface area contributed by atoms with Gasteiger partial charge in [-0.3, -0.25) is 14.8 Å². The molecule has 144 valence electrons. The zero-order valence-electron chi connectivity index (χ0n) is 15.9. The first-order valence-electron chi connectivity index (χ1n) is 9.45. The summed E-state index contributed by atoms with van der Waals surface area (Å²) in [5.74, 6) is 0.874. The Balaban J connectivity index is 1.33. The van der Waals surface area contributed by atoms with Gasteiger partial charge in [0.05, 0.1) is 18.9 Å². The average Bonchev–Trinajstić information content (AvgIpc) is 3.27. The molecule has 2 heterocycles. The van der Waals surface area contributed by atoms with Crippen LogP contribution in [0.4, 0.5) is 0 Å². The zero-order chi connectivity index (χ0) is 19.3. The molecule has 4 rings (SSSR count). The maximum Gasteiger partial charge on any atom is 0.254 e. The molecule has 1 aromatic heterocycles. The van der Waals surface area contributed by atoms with Crippen molar-refractivity contribution in [2.24, 2.45) is 0 Å². The van der Waals surface area contributed by atoms with E-state index >= 15 is 0 Å². The molecule has 2 aromatic carbocycles. The van der Waals surface area contributed by atoms with Gasteiger partial charge in [-0.15, -0.1) is 0 Å². The van der Waals surface area contributed by atoms with Gasteiger partial charge in [0.25, 0.3) is 5.91 Å². The number of methoxy groups -OCH3 is 1. The quantitative estimate of drug-likeness (QED) is 0.694. The third kappa shape index (κ3) is 4.07. The molecule has 0 spiro atoms. The Morgan fingerprint density at radius 3 is 2.79 bits per heavy atom. The minimum Gasteiger partial charge on any atom is -0.496 e. The van der Waals surface area contributed by atoms with Gasteiger partial charge in [0.2, 0.25) is 0 Å². The molecule has 1 aliphatic heterocycles. The lowest BCUT2D eigenvalue weighted by Gasteiger charge is -2.29. The number of carbonyl (C=O) groups excluding carboxylic acids is 1. The molecular weight excluding hydrogens is 352 g/mol. The highest BCUT2D eigenvalue weighted by Crippen LogP contribution is 2.28. The number of aromatic nitrogens is 2. The van der Waals surface area contributed by atoms with Crippen LogP contribution in [0.15, 0.2) is 54.9 Å². The molecule has 6 nitrogen and oxygen atoms in total. The van der Waals surface area contributed by atoms with Crippen molar-refractivity contribution in [1.29, 1.82) is 0 Å². The SMILES string of the molecule is COc1cccc2c1CCN(Cc1ccc(CNC(=O)c3cn[nH]c3)cc1)C2. The summed E-state index contributed by atoms with van der Waals surface area (Å²) in [5, 5.41) is 9.34. The van der Waals surface area contributed by atoms with E-state index in [-0.39, 0.29) is 5.91 Å². The van der Waals surface area contributed by atoms with Crippen LogP contribution in [0.25, 0.3) is 0 Å². The van der Waals surface area contributed by atoms with Gasteiger partial charge in [-0.1, -0.05) is 36.4 Å². The van der Waals surface area contributed by atoms with E-state index in [9.17, 15) is 4.79 Å². The smallest absolute Gasteiger partial charge is 0.254 e. The molecule has 0 unspecified atom stereocenters. The van der Waals surface area contributed by atoms with Crippen LogP contribution in [0.2, 0.25) is 0 Å². The minimum absolute atomic E-state index is 0.125. The topological polar surface area (TPSA) is 70.2 Å². The van der Waals surface area contributed by atoms with E-state index in [1.807, 2.05) is 6.07 Å². The van der Waals surface area contributed by atoms with Crippen LogP contribution >= 0.6 is 0 Å². The highest BCUT2D eigenvalue weighted by molar-refractivity contribution is 5.93. The van der Waals surface area contributed by atoms with E-state index < -0.39 is 0 Å². The largest absolute Gasteiger partial charge is 0.496 e. The second kappa shape index (κ2) is 8.27. The first-order valence-corrected chi connectivity index (χ1v) is 9.45. The van der Waals surface area contributed by atoms with Crippen molar-refractivity contribution in [3.05, 3.63) is 82.7 Å². The van der Waals surface area contributed by atoms with Crippen LogP contribution < -0.4 is 10.1 Å². The molecule has 0 fully saturated rings. The minimum atomic E-state index is -0.125. The average molecular weight is 376 g/mol. The predicted octanol–water partition coefficient (Wildman–Crippen LogP) is 2.91. The summed E-state index contributed by atoms with van der Waals surface area (Å²) in [6.45, 7) is 3.38. The molecule has 0 bridgehead atoms. The summed E-state index contributed by atoms with van der Waals surface area (Å²) < 4.78 is 5.49. The molecule has 1 amide bonds. The summed E-state index contributed by atoms with van der Waals surface area (Å²) in [4.78, 5) is 14.4. The second-order valence-electron chi connectivity index (χ2n) is 7.04. The van der Waals surface area contributed by atoms with Gasteiger partial charge in [-0.05, 0) is 34.7 Å². The van der Waals surface area contributed by atoms with Crippen LogP contribution in [0.1, 0.15) is 32.6 Å². The molecule has 6 heteroatoms. The van der Waals surface area contributed by atoms with E-state index in [1.165, 1.54) is 22.9 Å². The van der Waals surface area contributed by atoms with E-state index in [0.717, 1.165) is 37.4 Å². The number of fused-ring (bicyclic) bond motifs is 1. The second-order valence-corrected chi connectivity index (χ2v) is 7.04. The Kier molecular flexibility index (Phi) is 5.39. The molecule has 0 saturated carbocycles. The van der Waals surface area contributed by atoms with Crippen molar-refractivity contribution in [3.63, 3.8) is 0 Å². The molecule has 1 aliphatic rings. The van der Waals surface area contributed by atoms with Gasteiger partial charge >= 0.3 is 0 Å². The fourth-order valence-electron chi connectivity index (χ4n) is 3.64. The lowest BCUT2D eigenvalue weighted by atomic mass is 9.98. The number of H-pyrrole nitrogens is 1. The van der Waals surface area contributed by atoms with Gasteiger partial charge in [-0.2, -0.15) is 5.10 Å². The van der Waals surface area contributed by atoms with Crippen molar-refractivity contribution < 1.29 is 9.53 Å². The molecule has 3 aromatic rings. The number of ether oxygens (including phenoxy) is 1. The van der Waals surface area contributed by atoms with Crippen molar-refractivity contribution in [2.75, 3.05) is 13.7 Å². The molecule has 0 radical (unpaired) electrons. The molecule has 28 heavy (non-hydrogen) atoms. The van der Waals surface area contributed by atoms with Crippen molar-refractivity contribution >= 4 is 5.91 Å². The Hall–Kier alpha value is -3.12. The Labute approximate surface area is 164 Å². The normalized spacial score (nSPS) is 13.8. The lowest BCUT2D eigenvalue weighted by Crippen LogP contribution is -2.30. The van der Waals surface area contributed by atoms with E-state index in [0.29, 0.717) is 12.1 Å². The van der Waals surface area contributed by atoms with E-state index in [2.05, 4.69) is 56.8 Å².